The van der Waals surface area contributed by atoms with Gasteiger partial charge in [0.05, 0.1) is 13.7 Å². The number of amides is 1. The summed E-state index contributed by atoms with van der Waals surface area (Å²) in [4.78, 5) is 14.6. The van der Waals surface area contributed by atoms with Crippen molar-refractivity contribution in [2.24, 2.45) is 0 Å². The molecule has 3 rings (SSSR count). The Bertz CT molecular complexity index is 711. The minimum Gasteiger partial charge on any atom is -0.496 e. The van der Waals surface area contributed by atoms with E-state index in [1.807, 2.05) is 31.2 Å². The summed E-state index contributed by atoms with van der Waals surface area (Å²) < 4.78 is 10.9. The lowest BCUT2D eigenvalue weighted by Gasteiger charge is -2.29. The molecule has 2 aliphatic rings. The van der Waals surface area contributed by atoms with Gasteiger partial charge < -0.3 is 14.8 Å². The molecule has 1 saturated heterocycles. The predicted octanol–water partition coefficient (Wildman–Crippen LogP) is 3.62. The van der Waals surface area contributed by atoms with Crippen LogP contribution in [-0.4, -0.2) is 35.7 Å². The van der Waals surface area contributed by atoms with Gasteiger partial charge in [-0.2, -0.15) is 0 Å². The van der Waals surface area contributed by atoms with E-state index in [0.29, 0.717) is 24.0 Å². The molecule has 0 atom stereocenters. The Morgan fingerprint density at radius 2 is 2.08 bits per heavy atom. The van der Waals surface area contributed by atoms with Crippen molar-refractivity contribution in [3.63, 3.8) is 0 Å². The number of thiocarbonyl (C=S) groups is 1. The Kier molecular flexibility index (Phi) is 6.27. The second kappa shape index (κ2) is 8.64. The normalized spacial score (nSPS) is 19.9. The summed E-state index contributed by atoms with van der Waals surface area (Å²) >= 11 is 5.43. The van der Waals surface area contributed by atoms with E-state index >= 15 is 0 Å². The summed E-state index contributed by atoms with van der Waals surface area (Å²) in [5, 5.41) is 3.62. The van der Waals surface area contributed by atoms with Gasteiger partial charge in [-0.3, -0.25) is 9.69 Å². The topological polar surface area (TPSA) is 50.8 Å². The van der Waals surface area contributed by atoms with Gasteiger partial charge in [0.15, 0.2) is 5.11 Å². The first-order valence-corrected chi connectivity index (χ1v) is 9.65. The van der Waals surface area contributed by atoms with Crippen LogP contribution in [0.1, 0.15) is 50.2 Å². The Hall–Kier alpha value is -1.92. The zero-order chi connectivity index (χ0) is 18.5. The molecule has 0 aromatic heterocycles. The van der Waals surface area contributed by atoms with E-state index in [9.17, 15) is 4.79 Å². The molecule has 1 aliphatic heterocycles. The Morgan fingerprint density at radius 3 is 2.77 bits per heavy atom. The van der Waals surface area contributed by atoms with Gasteiger partial charge in [-0.05, 0) is 55.8 Å². The molecule has 1 amide bonds. The van der Waals surface area contributed by atoms with Gasteiger partial charge in [0.25, 0.3) is 5.91 Å². The van der Waals surface area contributed by atoms with E-state index < -0.39 is 0 Å². The van der Waals surface area contributed by atoms with Crippen LogP contribution in [0.25, 0.3) is 6.08 Å². The maximum Gasteiger partial charge on any atom is 0.276 e. The van der Waals surface area contributed by atoms with Gasteiger partial charge in [-0.25, -0.2) is 0 Å². The second-order valence-electron chi connectivity index (χ2n) is 6.66. The highest BCUT2D eigenvalue weighted by Crippen LogP contribution is 2.28. The number of methoxy groups -OCH3 is 1. The number of hydrogen-bond acceptors (Lipinski definition) is 4. The van der Waals surface area contributed by atoms with Crippen LogP contribution < -0.4 is 10.1 Å². The van der Waals surface area contributed by atoms with E-state index in [4.69, 9.17) is 21.7 Å². The van der Waals surface area contributed by atoms with Crippen molar-refractivity contribution in [2.45, 2.75) is 51.7 Å². The number of benzene rings is 1. The number of nitrogens with zero attached hydrogens (tertiary/aromatic N) is 1. The average molecular weight is 375 g/mol. The molecule has 1 aliphatic carbocycles. The summed E-state index contributed by atoms with van der Waals surface area (Å²) in [6.07, 6.45) is 7.48. The van der Waals surface area contributed by atoms with Crippen molar-refractivity contribution in [3.8, 4) is 5.75 Å². The Labute approximate surface area is 160 Å². The first kappa shape index (κ1) is 18.9. The van der Waals surface area contributed by atoms with E-state index in [1.54, 1.807) is 12.0 Å². The first-order valence-electron chi connectivity index (χ1n) is 9.25. The first-order chi connectivity index (χ1) is 12.6. The maximum atomic E-state index is 12.9. The van der Waals surface area contributed by atoms with Crippen LogP contribution in [0.15, 0.2) is 23.9 Å². The van der Waals surface area contributed by atoms with E-state index in [-0.39, 0.29) is 11.9 Å². The number of rotatable bonds is 6. The number of carbonyl (C=O) groups excluding carboxylic acids is 1. The molecule has 1 N–H and O–H groups in total. The average Bonchev–Trinajstić information content (AvgIpc) is 2.94. The van der Waals surface area contributed by atoms with E-state index in [2.05, 4.69) is 5.32 Å². The molecule has 140 valence electrons. The van der Waals surface area contributed by atoms with Gasteiger partial charge >= 0.3 is 0 Å². The zero-order valence-electron chi connectivity index (χ0n) is 15.4. The third-order valence-electron chi connectivity index (χ3n) is 4.93. The monoisotopic (exact) mass is 374 g/mol. The van der Waals surface area contributed by atoms with Crippen molar-refractivity contribution in [2.75, 3.05) is 13.7 Å². The molecule has 6 heteroatoms. The summed E-state index contributed by atoms with van der Waals surface area (Å²) in [5.74, 6) is 0.759. The fourth-order valence-electron chi connectivity index (χ4n) is 3.60. The molecule has 1 aromatic carbocycles. The van der Waals surface area contributed by atoms with Crippen LogP contribution in [0.2, 0.25) is 0 Å². The highest BCUT2D eigenvalue weighted by atomic mass is 32.1. The van der Waals surface area contributed by atoms with Gasteiger partial charge in [0.2, 0.25) is 0 Å². The lowest BCUT2D eigenvalue weighted by atomic mass is 9.94. The molecule has 1 heterocycles. The predicted molar refractivity (Wildman–Crippen MR) is 106 cm³/mol. The molecule has 0 unspecified atom stereocenters. The summed E-state index contributed by atoms with van der Waals surface area (Å²) in [5.41, 5.74) is 2.42. The van der Waals surface area contributed by atoms with E-state index in [1.165, 1.54) is 6.42 Å². The summed E-state index contributed by atoms with van der Waals surface area (Å²) in [6, 6.07) is 6.05. The van der Waals surface area contributed by atoms with Crippen LogP contribution >= 0.6 is 12.2 Å². The molecule has 5 nitrogen and oxygen atoms in total. The summed E-state index contributed by atoms with van der Waals surface area (Å²) in [6.45, 7) is 3.07. The van der Waals surface area contributed by atoms with Crippen molar-refractivity contribution >= 4 is 29.3 Å². The lowest BCUT2D eigenvalue weighted by molar-refractivity contribution is -0.124. The number of carbonyl (C=O) groups is 1. The van der Waals surface area contributed by atoms with Gasteiger partial charge in [-0.15, -0.1) is 0 Å². The number of ether oxygens (including phenoxy) is 2. The van der Waals surface area contributed by atoms with Gasteiger partial charge in [0, 0.05) is 18.2 Å². The highest BCUT2D eigenvalue weighted by molar-refractivity contribution is 7.80. The van der Waals surface area contributed by atoms with Crippen molar-refractivity contribution in [1.29, 1.82) is 0 Å². The van der Waals surface area contributed by atoms with Crippen LogP contribution in [0.5, 0.6) is 5.75 Å². The molecular weight excluding hydrogens is 348 g/mol. The number of hydrogen-bond donors (Lipinski definition) is 1. The smallest absolute Gasteiger partial charge is 0.276 e. The quantitative estimate of drug-likeness (QED) is 0.609. The summed E-state index contributed by atoms with van der Waals surface area (Å²) in [7, 11) is 1.64. The van der Waals surface area contributed by atoms with Crippen molar-refractivity contribution in [1.82, 2.24) is 10.2 Å². The van der Waals surface area contributed by atoms with Gasteiger partial charge in [0.1, 0.15) is 11.4 Å². The number of nitrogens with one attached hydrogen (secondary N) is 1. The molecule has 0 radical (unpaired) electrons. The molecular formula is C20H26N2O3S. The van der Waals surface area contributed by atoms with Crippen LogP contribution in [0.3, 0.4) is 0 Å². The SMILES string of the molecule is CCOCc1cc(/C=C2/NC(=S)N(C3CCCCC3)C2=O)ccc1OC. The van der Waals surface area contributed by atoms with Crippen LogP contribution in [-0.2, 0) is 16.1 Å². The largest absolute Gasteiger partial charge is 0.496 e. The van der Waals surface area contributed by atoms with Crippen LogP contribution in [0, 0.1) is 0 Å². The molecule has 0 spiro atoms. The maximum absolute atomic E-state index is 12.9. The molecule has 2 fully saturated rings. The molecule has 26 heavy (non-hydrogen) atoms. The van der Waals surface area contributed by atoms with E-state index in [0.717, 1.165) is 42.6 Å². The highest BCUT2D eigenvalue weighted by Gasteiger charge is 2.36. The third-order valence-corrected chi connectivity index (χ3v) is 5.23. The third kappa shape index (κ3) is 4.07. The standard InChI is InChI=1S/C20H26N2O3S/c1-3-25-13-15-11-14(9-10-18(15)24-2)12-17-19(23)22(20(26)21-17)16-7-5-4-6-8-16/h9-12,16H,3-8,13H2,1-2H3,(H,21,26)/b17-12+. The fraction of sp³-hybridized carbons (Fsp3) is 0.500. The Balaban J connectivity index is 1.81. The zero-order valence-corrected chi connectivity index (χ0v) is 16.2. The molecule has 1 saturated carbocycles. The van der Waals surface area contributed by atoms with Gasteiger partial charge in [-0.1, -0.05) is 25.3 Å². The minimum absolute atomic E-state index is 0.0240. The molecule has 0 bridgehead atoms. The lowest BCUT2D eigenvalue weighted by Crippen LogP contribution is -2.41. The van der Waals surface area contributed by atoms with Crippen LogP contribution in [0.4, 0.5) is 0 Å². The van der Waals surface area contributed by atoms with Crippen molar-refractivity contribution in [3.05, 3.63) is 35.0 Å². The molecule has 1 aromatic rings. The fourth-order valence-corrected chi connectivity index (χ4v) is 3.94. The minimum atomic E-state index is -0.0240. The second-order valence-corrected chi connectivity index (χ2v) is 7.05. The van der Waals surface area contributed by atoms with Crippen molar-refractivity contribution < 1.29 is 14.3 Å². The Morgan fingerprint density at radius 1 is 1.31 bits per heavy atom.